The maximum atomic E-state index is 4.83. The average Bonchev–Trinajstić information content (AvgIpc) is 2.45. The summed E-state index contributed by atoms with van der Waals surface area (Å²) in [7, 11) is 4.40. The van der Waals surface area contributed by atoms with Gasteiger partial charge < -0.3 is 15.5 Å². The number of hydrogen-bond donors (Lipinski definition) is 2. The van der Waals surface area contributed by atoms with Crippen molar-refractivity contribution in [1.82, 2.24) is 20.4 Å². The van der Waals surface area contributed by atoms with Crippen molar-refractivity contribution in [2.24, 2.45) is 10.4 Å². The molecule has 0 bridgehead atoms. The van der Waals surface area contributed by atoms with Crippen LogP contribution in [0, 0.1) is 5.41 Å². The molecule has 2 atom stereocenters. The fourth-order valence-corrected chi connectivity index (χ4v) is 2.77. The van der Waals surface area contributed by atoms with Crippen LogP contribution in [0.15, 0.2) is 4.99 Å². The van der Waals surface area contributed by atoms with E-state index in [1.807, 2.05) is 0 Å². The van der Waals surface area contributed by atoms with Crippen molar-refractivity contribution in [1.29, 1.82) is 0 Å². The molecule has 0 radical (unpaired) electrons. The van der Waals surface area contributed by atoms with Crippen LogP contribution in [0.5, 0.6) is 0 Å². The van der Waals surface area contributed by atoms with Crippen LogP contribution in [0.2, 0.25) is 0 Å². The number of hydrogen-bond acceptors (Lipinski definition) is 3. The summed E-state index contributed by atoms with van der Waals surface area (Å²) in [6, 6.07) is 0.952. The number of likely N-dealkylation sites (N-methyl/N-ethyl adjacent to an activating group) is 2. The third kappa shape index (κ3) is 8.56. The summed E-state index contributed by atoms with van der Waals surface area (Å²) in [6.07, 6.45) is 2.39. The third-order valence-corrected chi connectivity index (χ3v) is 4.50. The number of guanidine groups is 1. The van der Waals surface area contributed by atoms with Crippen LogP contribution in [0.25, 0.3) is 0 Å². The summed E-state index contributed by atoms with van der Waals surface area (Å²) in [5, 5.41) is 6.95. The van der Waals surface area contributed by atoms with Crippen LogP contribution in [0.3, 0.4) is 0 Å². The lowest BCUT2D eigenvalue weighted by atomic mass is 9.89. The fourth-order valence-electron chi connectivity index (χ4n) is 2.77. The summed E-state index contributed by atoms with van der Waals surface area (Å²) in [6.45, 7) is 16.4. The zero-order chi connectivity index (χ0) is 17.5. The molecule has 1 heterocycles. The maximum Gasteiger partial charge on any atom is 0.191 e. The number of aliphatic imine (C=N–C) groups is 1. The molecule has 0 amide bonds. The summed E-state index contributed by atoms with van der Waals surface area (Å²) < 4.78 is 0. The normalized spacial score (nSPS) is 22.9. The Morgan fingerprint density at radius 1 is 1.26 bits per heavy atom. The summed E-state index contributed by atoms with van der Waals surface area (Å²) in [5.41, 5.74) is 0.390. The van der Waals surface area contributed by atoms with Crippen molar-refractivity contribution in [2.75, 3.05) is 46.8 Å². The summed E-state index contributed by atoms with van der Waals surface area (Å²) in [4.78, 5) is 9.65. The highest BCUT2D eigenvalue weighted by molar-refractivity contribution is 5.80. The quantitative estimate of drug-likeness (QED) is 0.579. The Balaban J connectivity index is 2.52. The molecule has 23 heavy (non-hydrogen) atoms. The van der Waals surface area contributed by atoms with Gasteiger partial charge in [0, 0.05) is 38.3 Å². The second-order valence-corrected chi connectivity index (χ2v) is 8.26. The van der Waals surface area contributed by atoms with E-state index in [9.17, 15) is 0 Å². The van der Waals surface area contributed by atoms with Gasteiger partial charge in [-0.2, -0.15) is 0 Å². The molecule has 0 aromatic rings. The molecule has 2 N–H and O–H groups in total. The van der Waals surface area contributed by atoms with E-state index < -0.39 is 0 Å². The van der Waals surface area contributed by atoms with Gasteiger partial charge in [-0.05, 0) is 46.2 Å². The lowest BCUT2D eigenvalue weighted by Crippen LogP contribution is -2.52. The van der Waals surface area contributed by atoms with Gasteiger partial charge in [0.2, 0.25) is 0 Å². The van der Waals surface area contributed by atoms with E-state index in [1.165, 1.54) is 12.8 Å². The van der Waals surface area contributed by atoms with Gasteiger partial charge in [0.05, 0.1) is 6.54 Å². The van der Waals surface area contributed by atoms with Gasteiger partial charge in [0.15, 0.2) is 5.96 Å². The highest BCUT2D eigenvalue weighted by Gasteiger charge is 2.22. The predicted octanol–water partition coefficient (Wildman–Crippen LogP) is 2.00. The Bertz CT molecular complexity index is 361. The largest absolute Gasteiger partial charge is 0.357 e. The van der Waals surface area contributed by atoms with Crippen molar-refractivity contribution in [3.63, 3.8) is 0 Å². The first-order chi connectivity index (χ1) is 10.7. The fraction of sp³-hybridized carbons (Fsp3) is 0.944. The molecule has 1 fully saturated rings. The molecule has 1 aliphatic heterocycles. The molecular formula is C18H39N5. The first-order valence-electron chi connectivity index (χ1n) is 9.15. The van der Waals surface area contributed by atoms with Crippen LogP contribution in [-0.4, -0.2) is 74.7 Å². The third-order valence-electron chi connectivity index (χ3n) is 4.50. The molecule has 0 spiro atoms. The summed E-state index contributed by atoms with van der Waals surface area (Å²) >= 11 is 0. The van der Waals surface area contributed by atoms with Gasteiger partial charge in [-0.1, -0.05) is 20.8 Å². The van der Waals surface area contributed by atoms with Gasteiger partial charge in [-0.15, -0.1) is 0 Å². The number of piperazine rings is 1. The predicted molar refractivity (Wildman–Crippen MR) is 101 cm³/mol. The summed E-state index contributed by atoms with van der Waals surface area (Å²) in [5.74, 6) is 0.954. The Morgan fingerprint density at radius 2 is 1.96 bits per heavy atom. The van der Waals surface area contributed by atoms with Gasteiger partial charge in [-0.25, -0.2) is 0 Å². The van der Waals surface area contributed by atoms with E-state index in [2.05, 4.69) is 69.1 Å². The molecule has 1 aliphatic rings. The lowest BCUT2D eigenvalue weighted by Gasteiger charge is -2.37. The van der Waals surface area contributed by atoms with E-state index in [4.69, 9.17) is 4.99 Å². The van der Waals surface area contributed by atoms with Gasteiger partial charge in [-0.3, -0.25) is 9.89 Å². The van der Waals surface area contributed by atoms with Crippen LogP contribution >= 0.6 is 0 Å². The Morgan fingerprint density at radius 3 is 2.57 bits per heavy atom. The van der Waals surface area contributed by atoms with E-state index in [-0.39, 0.29) is 0 Å². The van der Waals surface area contributed by atoms with Gasteiger partial charge in [0.1, 0.15) is 0 Å². The number of nitrogens with zero attached hydrogens (tertiary/aromatic N) is 3. The molecule has 2 unspecified atom stereocenters. The minimum atomic E-state index is 0.390. The molecular weight excluding hydrogens is 286 g/mol. The van der Waals surface area contributed by atoms with E-state index in [0.717, 1.165) is 38.7 Å². The number of rotatable bonds is 6. The molecule has 1 rings (SSSR count). The Labute approximate surface area is 143 Å². The number of nitrogens with one attached hydrogen (secondary N) is 2. The van der Waals surface area contributed by atoms with Crippen molar-refractivity contribution in [3.05, 3.63) is 0 Å². The monoisotopic (exact) mass is 325 g/mol. The van der Waals surface area contributed by atoms with Crippen molar-refractivity contribution in [3.8, 4) is 0 Å². The highest BCUT2D eigenvalue weighted by Crippen LogP contribution is 2.21. The second-order valence-electron chi connectivity index (χ2n) is 8.26. The van der Waals surface area contributed by atoms with Crippen molar-refractivity contribution >= 4 is 5.96 Å². The smallest absolute Gasteiger partial charge is 0.191 e. The molecule has 136 valence electrons. The highest BCUT2D eigenvalue weighted by atomic mass is 15.3. The van der Waals surface area contributed by atoms with E-state index in [0.29, 0.717) is 17.5 Å². The molecule has 1 saturated heterocycles. The molecule has 0 aromatic carbocycles. The first-order valence-corrected chi connectivity index (χ1v) is 9.15. The topological polar surface area (TPSA) is 42.9 Å². The van der Waals surface area contributed by atoms with Crippen LogP contribution in [0.4, 0.5) is 0 Å². The van der Waals surface area contributed by atoms with Crippen molar-refractivity contribution in [2.45, 2.75) is 59.5 Å². The van der Waals surface area contributed by atoms with Crippen LogP contribution in [-0.2, 0) is 0 Å². The standard InChI is InChI=1S/C18H39N5/c1-8-19-17(21-15(2)9-10-18(3,4)5)20-13-16-14-22(6)11-12-23(16)7/h15-16H,8-14H2,1-7H3,(H2,19,20,21). The maximum absolute atomic E-state index is 4.83. The zero-order valence-corrected chi connectivity index (χ0v) is 16.4. The Kier molecular flexibility index (Phi) is 8.34. The SMILES string of the molecule is CCNC(=NCC1CN(C)CCN1C)NC(C)CCC(C)(C)C. The molecule has 0 saturated carbocycles. The lowest BCUT2D eigenvalue weighted by molar-refractivity contribution is 0.119. The van der Waals surface area contributed by atoms with E-state index >= 15 is 0 Å². The average molecular weight is 326 g/mol. The molecule has 5 heteroatoms. The second kappa shape index (κ2) is 9.48. The minimum Gasteiger partial charge on any atom is -0.357 e. The molecule has 0 aliphatic carbocycles. The van der Waals surface area contributed by atoms with Crippen molar-refractivity contribution < 1.29 is 0 Å². The van der Waals surface area contributed by atoms with Gasteiger partial charge in [0.25, 0.3) is 0 Å². The van der Waals surface area contributed by atoms with E-state index in [1.54, 1.807) is 0 Å². The van der Waals surface area contributed by atoms with Crippen LogP contribution in [0.1, 0.15) is 47.5 Å². The minimum absolute atomic E-state index is 0.390. The first kappa shape index (κ1) is 20.2. The zero-order valence-electron chi connectivity index (χ0n) is 16.4. The van der Waals surface area contributed by atoms with Gasteiger partial charge >= 0.3 is 0 Å². The Hall–Kier alpha value is -0.810. The molecule has 0 aromatic heterocycles. The van der Waals surface area contributed by atoms with Crippen LogP contribution < -0.4 is 10.6 Å². The molecule has 5 nitrogen and oxygen atoms in total.